The number of carbonyl (C=O) groups excluding carboxylic acids is 4. The second-order valence-corrected chi connectivity index (χ2v) is 14.8. The number of ether oxygens (including phenoxy) is 2. The fraction of sp³-hybridized carbons (Fsp3) is 0.744. The van der Waals surface area contributed by atoms with E-state index in [-0.39, 0.29) is 60.7 Å². The van der Waals surface area contributed by atoms with Gasteiger partial charge in [0, 0.05) is 35.7 Å². The predicted molar refractivity (Wildman–Crippen MR) is 197 cm³/mol. The summed E-state index contributed by atoms with van der Waals surface area (Å²) in [4.78, 5) is 58.5. The van der Waals surface area contributed by atoms with Gasteiger partial charge in [0.1, 0.15) is 6.04 Å². The lowest BCUT2D eigenvalue weighted by molar-refractivity contribution is -0.148. The molecule has 0 aromatic carbocycles. The summed E-state index contributed by atoms with van der Waals surface area (Å²) >= 11 is 0. The molecule has 0 radical (unpaired) electrons. The molecule has 4 amide bonds. The first-order valence-electron chi connectivity index (χ1n) is 19.3. The predicted octanol–water partition coefficient (Wildman–Crippen LogP) is 3.99. The number of rotatable bonds is 18. The number of hydrogen-bond acceptors (Lipinski definition) is 7. The molecule has 3 aliphatic rings. The molecule has 11 heteroatoms. The lowest BCUT2D eigenvalue weighted by Crippen LogP contribution is -2.61. The standard InChI is InChI=1S/C39H65N5O6/c1-10-27(4)34(43(7)37(47)33(26(2)3)42-38(48)39(6)21-16-22-41-39)31(49-8)25-32(45)44-24-15-19-30(44)35(50-9)28(5)36(46)40-23-20-29-17-13-11-12-14-18-29/h11-14,17-18,26-31,33-35,41H,10,15-16,19-25H2,1-9H3,(H,40,46)(H,42,48)/t27-,28+,30-,31+,33-,34-,35+,39-/m0/s1/i6D. The maximum absolute atomic E-state index is 14.2. The van der Waals surface area contributed by atoms with Crippen LogP contribution in [0.1, 0.15) is 87.8 Å². The summed E-state index contributed by atoms with van der Waals surface area (Å²) in [6.45, 7) is 11.4. The number of allylic oxidation sites excluding steroid dienone is 6. The molecule has 0 unspecified atom stereocenters. The number of nitrogens with zero attached hydrogens (tertiary/aromatic N) is 2. The Balaban J connectivity index is 1.71. The van der Waals surface area contributed by atoms with Crippen molar-refractivity contribution in [3.8, 4) is 0 Å². The van der Waals surface area contributed by atoms with E-state index in [0.29, 0.717) is 26.1 Å². The Morgan fingerprint density at radius 1 is 1.06 bits per heavy atom. The van der Waals surface area contributed by atoms with Crippen LogP contribution in [0, 0.1) is 23.7 Å². The molecule has 0 spiro atoms. The fourth-order valence-corrected chi connectivity index (χ4v) is 7.64. The molecule has 282 valence electrons. The van der Waals surface area contributed by atoms with Gasteiger partial charge in [-0.3, -0.25) is 19.2 Å². The van der Waals surface area contributed by atoms with Crippen LogP contribution in [0.3, 0.4) is 0 Å². The quantitative estimate of drug-likeness (QED) is 0.197. The van der Waals surface area contributed by atoms with Crippen molar-refractivity contribution < 1.29 is 30.0 Å². The molecule has 0 aromatic rings. The molecule has 0 saturated carbocycles. The zero-order chi connectivity index (χ0) is 37.7. The summed E-state index contributed by atoms with van der Waals surface area (Å²) in [7, 11) is 4.89. The Morgan fingerprint density at radius 3 is 2.32 bits per heavy atom. The number of nitrogens with one attached hydrogen (secondary N) is 3. The topological polar surface area (TPSA) is 129 Å². The summed E-state index contributed by atoms with van der Waals surface area (Å²) < 4.78 is 20.0. The Labute approximate surface area is 302 Å². The number of hydrogen-bond donors (Lipinski definition) is 3. The number of carbonyl (C=O) groups is 4. The monoisotopic (exact) mass is 700 g/mol. The van der Waals surface area contributed by atoms with E-state index < -0.39 is 35.7 Å². The number of likely N-dealkylation sites (tertiary alicyclic amines) is 1. The molecule has 2 saturated heterocycles. The number of amides is 4. The van der Waals surface area contributed by atoms with E-state index in [1.807, 2.05) is 63.8 Å². The third-order valence-corrected chi connectivity index (χ3v) is 11.0. The zero-order valence-corrected chi connectivity index (χ0v) is 31.8. The largest absolute Gasteiger partial charge is 0.379 e. The van der Waals surface area contributed by atoms with Gasteiger partial charge >= 0.3 is 0 Å². The van der Waals surface area contributed by atoms with Crippen LogP contribution in [0.5, 0.6) is 0 Å². The lowest BCUT2D eigenvalue weighted by atomic mass is 9.89. The third kappa shape index (κ3) is 10.5. The smallest absolute Gasteiger partial charge is 0.245 e. The minimum atomic E-state index is -0.990. The highest BCUT2D eigenvalue weighted by Gasteiger charge is 2.44. The minimum absolute atomic E-state index is 0.0126. The van der Waals surface area contributed by atoms with Gasteiger partial charge < -0.3 is 35.2 Å². The highest BCUT2D eigenvalue weighted by molar-refractivity contribution is 5.92. The Hall–Kier alpha value is -3.02. The summed E-state index contributed by atoms with van der Waals surface area (Å²) in [6.07, 6.45) is 15.6. The molecule has 0 aromatic heterocycles. The van der Waals surface area contributed by atoms with Gasteiger partial charge in [0.25, 0.3) is 0 Å². The van der Waals surface area contributed by atoms with E-state index >= 15 is 0 Å². The van der Waals surface area contributed by atoms with Crippen LogP contribution < -0.4 is 16.0 Å². The van der Waals surface area contributed by atoms with Crippen molar-refractivity contribution in [2.75, 3.05) is 40.9 Å². The highest BCUT2D eigenvalue weighted by atomic mass is 16.5. The molecule has 2 aliphatic heterocycles. The average molecular weight is 701 g/mol. The van der Waals surface area contributed by atoms with E-state index in [1.54, 1.807) is 26.2 Å². The molecular formula is C39H65N5O6. The molecule has 3 rings (SSSR count). The summed E-state index contributed by atoms with van der Waals surface area (Å²) in [5.41, 5.74) is -0.990. The van der Waals surface area contributed by atoms with Crippen LogP contribution >= 0.6 is 0 Å². The van der Waals surface area contributed by atoms with Crippen LogP contribution in [0.15, 0.2) is 36.5 Å². The molecular weight excluding hydrogens is 634 g/mol. The number of likely N-dealkylation sites (N-methyl/N-ethyl adjacent to an activating group) is 1. The molecule has 3 N–H and O–H groups in total. The first kappa shape index (κ1) is 39.8. The summed E-state index contributed by atoms with van der Waals surface area (Å²) in [6, 6.07) is -1.51. The lowest BCUT2D eigenvalue weighted by Gasteiger charge is -2.41. The van der Waals surface area contributed by atoms with Gasteiger partial charge in [-0.05, 0) is 63.3 Å². The van der Waals surface area contributed by atoms with Crippen LogP contribution in [0.25, 0.3) is 0 Å². The summed E-state index contributed by atoms with van der Waals surface area (Å²) in [5.74, 6) is -1.21. The van der Waals surface area contributed by atoms with Gasteiger partial charge in [-0.1, -0.05) is 77.5 Å². The molecule has 1 aliphatic carbocycles. The van der Waals surface area contributed by atoms with Gasteiger partial charge in [0.2, 0.25) is 23.6 Å². The molecule has 2 heterocycles. The second-order valence-electron chi connectivity index (χ2n) is 14.8. The minimum Gasteiger partial charge on any atom is -0.379 e. The van der Waals surface area contributed by atoms with Gasteiger partial charge in [-0.2, -0.15) is 0 Å². The Morgan fingerprint density at radius 2 is 1.76 bits per heavy atom. The van der Waals surface area contributed by atoms with Crippen molar-refractivity contribution in [2.45, 2.75) is 122 Å². The SMILES string of the molecule is [2H]C[C@@]1(C(=O)N[C@H](C(=O)N(C)[C@@H]([C@@H](C)CC)[C@@H](CC(=O)N2CCC[C@H]2[C@H](OC)[C@@H](C)C(=O)NCCC2C=CC=CC=C2)OC)C(C)C)CCCN1. The van der Waals surface area contributed by atoms with E-state index in [9.17, 15) is 19.2 Å². The highest BCUT2D eigenvalue weighted by Crippen LogP contribution is 2.30. The zero-order valence-electron chi connectivity index (χ0n) is 32.8. The van der Waals surface area contributed by atoms with Crippen molar-refractivity contribution in [1.82, 2.24) is 25.8 Å². The van der Waals surface area contributed by atoms with Gasteiger partial charge in [-0.15, -0.1) is 0 Å². The normalized spacial score (nSPS) is 24.6. The molecule has 50 heavy (non-hydrogen) atoms. The Kier molecular flexibility index (Phi) is 15.5. The number of methoxy groups -OCH3 is 2. The molecule has 0 bridgehead atoms. The van der Waals surface area contributed by atoms with Crippen molar-refractivity contribution >= 4 is 23.6 Å². The van der Waals surface area contributed by atoms with Gasteiger partial charge in [-0.25, -0.2) is 0 Å². The third-order valence-electron chi connectivity index (χ3n) is 11.0. The molecule has 8 atom stereocenters. The maximum Gasteiger partial charge on any atom is 0.245 e. The average Bonchev–Trinajstić information content (AvgIpc) is 3.75. The van der Waals surface area contributed by atoms with Crippen molar-refractivity contribution in [2.24, 2.45) is 23.7 Å². The van der Waals surface area contributed by atoms with Crippen LogP contribution in [-0.2, 0) is 28.7 Å². The van der Waals surface area contributed by atoms with Crippen LogP contribution in [0.4, 0.5) is 0 Å². The van der Waals surface area contributed by atoms with Gasteiger partial charge in [0.05, 0.1) is 42.2 Å². The van der Waals surface area contributed by atoms with Crippen molar-refractivity contribution in [3.05, 3.63) is 36.5 Å². The van der Waals surface area contributed by atoms with E-state index in [1.165, 1.54) is 0 Å². The van der Waals surface area contributed by atoms with Crippen molar-refractivity contribution in [1.29, 1.82) is 0 Å². The van der Waals surface area contributed by atoms with Crippen molar-refractivity contribution in [3.63, 3.8) is 0 Å². The van der Waals surface area contributed by atoms with Crippen LogP contribution in [0.2, 0.25) is 0 Å². The molecule has 2 fully saturated rings. The first-order valence-corrected chi connectivity index (χ1v) is 18.6. The maximum atomic E-state index is 14.2. The van der Waals surface area contributed by atoms with E-state index in [4.69, 9.17) is 10.8 Å². The second kappa shape index (κ2) is 19.6. The first-order chi connectivity index (χ1) is 24.3. The van der Waals surface area contributed by atoms with E-state index in [2.05, 4.69) is 28.1 Å². The molecule has 11 nitrogen and oxygen atoms in total. The van der Waals surface area contributed by atoms with Crippen LogP contribution in [-0.4, -0.2) is 110 Å². The fourth-order valence-electron chi connectivity index (χ4n) is 7.64. The summed E-state index contributed by atoms with van der Waals surface area (Å²) in [5, 5.41) is 9.24. The Bertz CT molecular complexity index is 1230. The van der Waals surface area contributed by atoms with E-state index in [0.717, 1.165) is 32.1 Å². The van der Waals surface area contributed by atoms with Gasteiger partial charge in [0.15, 0.2) is 0 Å².